The van der Waals surface area contributed by atoms with E-state index in [9.17, 15) is 13.2 Å². The summed E-state index contributed by atoms with van der Waals surface area (Å²) in [6, 6.07) is 5.08. The van der Waals surface area contributed by atoms with Gasteiger partial charge in [0.1, 0.15) is 12.4 Å². The van der Waals surface area contributed by atoms with Crippen LogP contribution in [-0.2, 0) is 21.1 Å². The van der Waals surface area contributed by atoms with Gasteiger partial charge in [0.2, 0.25) is 5.91 Å². The minimum absolute atomic E-state index is 0.0364. The summed E-state index contributed by atoms with van der Waals surface area (Å²) in [6.07, 6.45) is 1.05. The van der Waals surface area contributed by atoms with E-state index in [0.717, 1.165) is 11.3 Å². The largest absolute Gasteiger partial charge is 0.492 e. The molecule has 1 aromatic carbocycles. The third-order valence-electron chi connectivity index (χ3n) is 3.88. The molecule has 3 rings (SSSR count). The molecular formula is C14H16ClNO4S. The van der Waals surface area contributed by atoms with Crippen LogP contribution in [0.4, 0.5) is 0 Å². The Morgan fingerprint density at radius 3 is 2.90 bits per heavy atom. The van der Waals surface area contributed by atoms with Crippen molar-refractivity contribution < 1.29 is 17.9 Å². The summed E-state index contributed by atoms with van der Waals surface area (Å²) in [6.45, 7) is 0.305. The zero-order valence-corrected chi connectivity index (χ0v) is 12.9. The summed E-state index contributed by atoms with van der Waals surface area (Å²) in [5.41, 5.74) is 0.910. The average Bonchev–Trinajstić information content (AvgIpc) is 2.77. The van der Waals surface area contributed by atoms with Gasteiger partial charge < -0.3 is 10.1 Å². The molecule has 114 valence electrons. The van der Waals surface area contributed by atoms with Crippen LogP contribution < -0.4 is 10.1 Å². The van der Waals surface area contributed by atoms with Crippen LogP contribution >= 0.6 is 11.6 Å². The highest BCUT2D eigenvalue weighted by Gasteiger charge is 2.32. The van der Waals surface area contributed by atoms with Crippen LogP contribution in [0.25, 0.3) is 0 Å². The van der Waals surface area contributed by atoms with Crippen LogP contribution in [0.2, 0.25) is 5.02 Å². The first-order valence-corrected chi connectivity index (χ1v) is 9.05. The summed E-state index contributed by atoms with van der Waals surface area (Å²) in [5.74, 6) is 0.487. The molecule has 1 saturated heterocycles. The molecule has 2 heterocycles. The van der Waals surface area contributed by atoms with Crippen molar-refractivity contribution in [2.75, 3.05) is 18.1 Å². The monoisotopic (exact) mass is 329 g/mol. The SMILES string of the molecule is O=C(N[C@@H]1CCS(=O)(=O)C1)[C@@H]1COc2ccc(Cl)cc2C1. The highest BCUT2D eigenvalue weighted by atomic mass is 35.5. The second kappa shape index (κ2) is 5.50. The van der Waals surface area contributed by atoms with Gasteiger partial charge in [-0.1, -0.05) is 11.6 Å². The van der Waals surface area contributed by atoms with Crippen LogP contribution in [0.15, 0.2) is 18.2 Å². The molecule has 2 aliphatic rings. The Balaban J connectivity index is 1.64. The number of nitrogens with one attached hydrogen (secondary N) is 1. The van der Waals surface area contributed by atoms with Gasteiger partial charge in [0.25, 0.3) is 0 Å². The van der Waals surface area contributed by atoms with Crippen molar-refractivity contribution in [3.8, 4) is 5.75 Å². The van der Waals surface area contributed by atoms with E-state index < -0.39 is 9.84 Å². The first kappa shape index (κ1) is 14.7. The van der Waals surface area contributed by atoms with Gasteiger partial charge in [-0.05, 0) is 36.6 Å². The van der Waals surface area contributed by atoms with Crippen molar-refractivity contribution in [1.29, 1.82) is 0 Å². The molecule has 5 nitrogen and oxygen atoms in total. The number of hydrogen-bond acceptors (Lipinski definition) is 4. The predicted molar refractivity (Wildman–Crippen MR) is 79.3 cm³/mol. The van der Waals surface area contributed by atoms with Crippen molar-refractivity contribution in [1.82, 2.24) is 5.32 Å². The molecule has 0 saturated carbocycles. The van der Waals surface area contributed by atoms with Gasteiger partial charge in [-0.25, -0.2) is 8.42 Å². The lowest BCUT2D eigenvalue weighted by Gasteiger charge is -2.25. The molecular weight excluding hydrogens is 314 g/mol. The van der Waals surface area contributed by atoms with Crippen LogP contribution in [-0.4, -0.2) is 38.5 Å². The fourth-order valence-electron chi connectivity index (χ4n) is 2.76. The summed E-state index contributed by atoms with van der Waals surface area (Å²) in [7, 11) is -2.99. The summed E-state index contributed by atoms with van der Waals surface area (Å²) >= 11 is 5.95. The molecule has 1 aromatic rings. The summed E-state index contributed by atoms with van der Waals surface area (Å²) in [4.78, 5) is 12.2. The zero-order chi connectivity index (χ0) is 15.0. The maximum atomic E-state index is 12.2. The van der Waals surface area contributed by atoms with E-state index in [1.54, 1.807) is 18.2 Å². The maximum Gasteiger partial charge on any atom is 0.227 e. The Morgan fingerprint density at radius 1 is 1.38 bits per heavy atom. The average molecular weight is 330 g/mol. The summed E-state index contributed by atoms with van der Waals surface area (Å²) < 4.78 is 28.4. The van der Waals surface area contributed by atoms with E-state index >= 15 is 0 Å². The van der Waals surface area contributed by atoms with Crippen molar-refractivity contribution in [3.63, 3.8) is 0 Å². The Morgan fingerprint density at radius 2 is 2.19 bits per heavy atom. The van der Waals surface area contributed by atoms with Gasteiger partial charge in [0, 0.05) is 11.1 Å². The van der Waals surface area contributed by atoms with E-state index in [4.69, 9.17) is 16.3 Å². The minimum atomic E-state index is -2.99. The van der Waals surface area contributed by atoms with E-state index in [-0.39, 0.29) is 29.4 Å². The third kappa shape index (κ3) is 3.32. The molecule has 0 bridgehead atoms. The van der Waals surface area contributed by atoms with Crippen LogP contribution in [0, 0.1) is 5.92 Å². The molecule has 2 aliphatic heterocycles. The van der Waals surface area contributed by atoms with E-state index in [1.165, 1.54) is 0 Å². The highest BCUT2D eigenvalue weighted by molar-refractivity contribution is 7.91. The van der Waals surface area contributed by atoms with Crippen molar-refractivity contribution in [3.05, 3.63) is 28.8 Å². The van der Waals surface area contributed by atoms with E-state index in [1.807, 2.05) is 0 Å². The number of fused-ring (bicyclic) bond motifs is 1. The molecule has 0 radical (unpaired) electrons. The standard InChI is InChI=1S/C14H16ClNO4S/c15-11-1-2-13-9(6-11)5-10(7-20-13)14(17)16-12-3-4-21(18,19)8-12/h1-2,6,10,12H,3-5,7-8H2,(H,16,17)/t10-,12+/m0/s1. The number of ether oxygens (including phenoxy) is 1. The second-order valence-corrected chi connectivity index (χ2v) is 8.24. The van der Waals surface area contributed by atoms with Gasteiger partial charge in [-0.2, -0.15) is 0 Å². The number of sulfone groups is 1. The molecule has 0 unspecified atom stereocenters. The Bertz CT molecular complexity index is 674. The third-order valence-corrected chi connectivity index (χ3v) is 5.88. The first-order chi connectivity index (χ1) is 9.93. The molecule has 1 fully saturated rings. The normalized spacial score (nSPS) is 26.7. The molecule has 0 aliphatic carbocycles. The quantitative estimate of drug-likeness (QED) is 0.884. The molecule has 0 aromatic heterocycles. The number of hydrogen-bond donors (Lipinski definition) is 1. The number of benzene rings is 1. The lowest BCUT2D eigenvalue weighted by atomic mass is 9.95. The van der Waals surface area contributed by atoms with Crippen molar-refractivity contribution in [2.24, 2.45) is 5.92 Å². The molecule has 0 spiro atoms. The molecule has 1 amide bonds. The number of carbonyl (C=O) groups is 1. The minimum Gasteiger partial charge on any atom is -0.492 e. The first-order valence-electron chi connectivity index (χ1n) is 6.85. The van der Waals surface area contributed by atoms with Gasteiger partial charge in [-0.3, -0.25) is 4.79 Å². The second-order valence-electron chi connectivity index (χ2n) is 5.57. The van der Waals surface area contributed by atoms with Gasteiger partial charge in [0.15, 0.2) is 9.84 Å². The smallest absolute Gasteiger partial charge is 0.227 e. The molecule has 7 heteroatoms. The lowest BCUT2D eigenvalue weighted by Crippen LogP contribution is -2.43. The predicted octanol–water partition coefficient (Wildman–Crippen LogP) is 1.19. The van der Waals surface area contributed by atoms with Crippen LogP contribution in [0.1, 0.15) is 12.0 Å². The topological polar surface area (TPSA) is 72.5 Å². The zero-order valence-electron chi connectivity index (χ0n) is 11.3. The van der Waals surface area contributed by atoms with E-state index in [2.05, 4.69) is 5.32 Å². The number of amides is 1. The van der Waals surface area contributed by atoms with Gasteiger partial charge in [-0.15, -0.1) is 0 Å². The molecule has 21 heavy (non-hydrogen) atoms. The van der Waals surface area contributed by atoms with Gasteiger partial charge in [0.05, 0.1) is 17.4 Å². The summed E-state index contributed by atoms with van der Waals surface area (Å²) in [5, 5.41) is 3.43. The fraction of sp³-hybridized carbons (Fsp3) is 0.500. The lowest BCUT2D eigenvalue weighted by molar-refractivity contribution is -0.126. The number of carbonyl (C=O) groups excluding carboxylic acids is 1. The van der Waals surface area contributed by atoms with Crippen LogP contribution in [0.5, 0.6) is 5.75 Å². The highest BCUT2D eigenvalue weighted by Crippen LogP contribution is 2.30. The Labute approximate surface area is 128 Å². The van der Waals surface area contributed by atoms with Gasteiger partial charge >= 0.3 is 0 Å². The van der Waals surface area contributed by atoms with E-state index in [0.29, 0.717) is 24.5 Å². The number of rotatable bonds is 2. The Hall–Kier alpha value is -1.27. The van der Waals surface area contributed by atoms with Crippen LogP contribution in [0.3, 0.4) is 0 Å². The van der Waals surface area contributed by atoms with Crippen molar-refractivity contribution >= 4 is 27.3 Å². The maximum absolute atomic E-state index is 12.2. The number of halogens is 1. The molecule has 1 N–H and O–H groups in total. The Kier molecular flexibility index (Phi) is 3.84. The molecule has 2 atom stereocenters. The fourth-order valence-corrected chi connectivity index (χ4v) is 4.63. The van der Waals surface area contributed by atoms with Crippen molar-refractivity contribution in [2.45, 2.75) is 18.9 Å².